The van der Waals surface area contributed by atoms with Crippen LogP contribution in [0.2, 0.25) is 0 Å². The fraction of sp³-hybridized carbons (Fsp3) is 0.917. The van der Waals surface area contributed by atoms with Crippen LogP contribution in [0.1, 0.15) is 33.6 Å². The van der Waals surface area contributed by atoms with Crippen LogP contribution >= 0.6 is 0 Å². The van der Waals surface area contributed by atoms with E-state index >= 15 is 0 Å². The summed E-state index contributed by atoms with van der Waals surface area (Å²) in [5.41, 5.74) is 5.11. The Labute approximate surface area is 96.5 Å². The van der Waals surface area contributed by atoms with Crippen LogP contribution in [0, 0.1) is 11.3 Å². The van der Waals surface area contributed by atoms with Crippen molar-refractivity contribution in [3.63, 3.8) is 0 Å². The highest BCUT2D eigenvalue weighted by Crippen LogP contribution is 2.57. The Bertz CT molecular complexity index is 303. The van der Waals surface area contributed by atoms with E-state index in [0.717, 1.165) is 19.4 Å². The van der Waals surface area contributed by atoms with Crippen LogP contribution in [-0.2, 0) is 14.3 Å². The van der Waals surface area contributed by atoms with Gasteiger partial charge < -0.3 is 15.2 Å². The van der Waals surface area contributed by atoms with Gasteiger partial charge in [-0.05, 0) is 19.8 Å². The van der Waals surface area contributed by atoms with Gasteiger partial charge in [0, 0.05) is 17.9 Å². The molecule has 16 heavy (non-hydrogen) atoms. The maximum absolute atomic E-state index is 12.0. The molecule has 2 N–H and O–H groups in total. The van der Waals surface area contributed by atoms with Gasteiger partial charge in [-0.3, -0.25) is 4.79 Å². The maximum atomic E-state index is 12.0. The second-order valence-corrected chi connectivity index (χ2v) is 5.35. The molecule has 1 heterocycles. The molecule has 3 unspecified atom stereocenters. The maximum Gasteiger partial charge on any atom is 0.327 e. The molecule has 1 saturated heterocycles. The second-order valence-electron chi connectivity index (χ2n) is 5.35. The number of fused-ring (bicyclic) bond motifs is 1. The Kier molecular flexibility index (Phi) is 2.75. The molecule has 0 spiro atoms. The molecule has 2 fully saturated rings. The third-order valence-electron chi connectivity index (χ3n) is 4.30. The van der Waals surface area contributed by atoms with Crippen LogP contribution in [0.25, 0.3) is 0 Å². The molecule has 1 aliphatic carbocycles. The molecule has 0 radical (unpaired) electrons. The highest BCUT2D eigenvalue weighted by molar-refractivity contribution is 5.84. The molecule has 3 atom stereocenters. The van der Waals surface area contributed by atoms with Crippen molar-refractivity contribution >= 4 is 5.97 Å². The van der Waals surface area contributed by atoms with Crippen LogP contribution in [0.5, 0.6) is 0 Å². The van der Waals surface area contributed by atoms with E-state index in [0.29, 0.717) is 6.61 Å². The molecule has 1 saturated carbocycles. The SMILES string of the molecule is CCOC(=O)C1(N)C2CCCOC2C1(C)C. The van der Waals surface area contributed by atoms with Gasteiger partial charge in [-0.15, -0.1) is 0 Å². The second kappa shape index (κ2) is 3.70. The summed E-state index contributed by atoms with van der Waals surface area (Å²) in [7, 11) is 0. The molecule has 2 aliphatic rings. The molecule has 1 aliphatic heterocycles. The van der Waals surface area contributed by atoms with E-state index in [-0.39, 0.29) is 23.4 Å². The highest BCUT2D eigenvalue weighted by Gasteiger charge is 2.71. The van der Waals surface area contributed by atoms with Gasteiger partial charge in [0.2, 0.25) is 0 Å². The van der Waals surface area contributed by atoms with Crippen LogP contribution in [0.3, 0.4) is 0 Å². The highest BCUT2D eigenvalue weighted by atomic mass is 16.5. The number of hydrogen-bond donors (Lipinski definition) is 1. The molecule has 0 aromatic carbocycles. The van der Waals surface area contributed by atoms with Crippen LogP contribution in [0.4, 0.5) is 0 Å². The molecule has 0 aromatic heterocycles. The van der Waals surface area contributed by atoms with Crippen molar-refractivity contribution in [1.82, 2.24) is 0 Å². The summed E-state index contributed by atoms with van der Waals surface area (Å²) in [6, 6.07) is 0. The van der Waals surface area contributed by atoms with E-state index in [4.69, 9.17) is 15.2 Å². The minimum Gasteiger partial charge on any atom is -0.465 e. The van der Waals surface area contributed by atoms with Gasteiger partial charge in [0.05, 0.1) is 12.7 Å². The standard InChI is InChI=1S/C12H21NO3/c1-4-15-10(14)12(13)8-6-5-7-16-9(8)11(12,2)3/h8-9H,4-7,13H2,1-3H3. The van der Waals surface area contributed by atoms with Crippen LogP contribution < -0.4 is 5.73 Å². The fourth-order valence-corrected chi connectivity index (χ4v) is 3.24. The molecule has 0 amide bonds. The summed E-state index contributed by atoms with van der Waals surface area (Å²) in [4.78, 5) is 12.0. The number of carbonyl (C=O) groups excluding carboxylic acids is 1. The predicted octanol–water partition coefficient (Wildman–Crippen LogP) is 1.08. The van der Waals surface area contributed by atoms with E-state index in [1.165, 1.54) is 0 Å². The van der Waals surface area contributed by atoms with E-state index in [1.807, 2.05) is 20.8 Å². The van der Waals surface area contributed by atoms with Crippen molar-refractivity contribution in [3.05, 3.63) is 0 Å². The fourth-order valence-electron chi connectivity index (χ4n) is 3.24. The lowest BCUT2D eigenvalue weighted by molar-refractivity contribution is -0.236. The van der Waals surface area contributed by atoms with E-state index in [2.05, 4.69) is 0 Å². The minimum atomic E-state index is -0.867. The third kappa shape index (κ3) is 1.26. The zero-order valence-corrected chi connectivity index (χ0v) is 10.3. The Morgan fingerprint density at radius 3 is 2.88 bits per heavy atom. The summed E-state index contributed by atoms with van der Waals surface area (Å²) >= 11 is 0. The molecular weight excluding hydrogens is 206 g/mol. The molecule has 92 valence electrons. The summed E-state index contributed by atoms with van der Waals surface area (Å²) in [5.74, 6) is -0.151. The third-order valence-corrected chi connectivity index (χ3v) is 4.30. The van der Waals surface area contributed by atoms with Crippen molar-refractivity contribution in [2.75, 3.05) is 13.2 Å². The normalized spacial score (nSPS) is 40.8. The molecule has 0 bridgehead atoms. The number of esters is 1. The van der Waals surface area contributed by atoms with Crippen molar-refractivity contribution in [3.8, 4) is 0 Å². The van der Waals surface area contributed by atoms with Gasteiger partial charge in [0.1, 0.15) is 5.54 Å². The summed E-state index contributed by atoms with van der Waals surface area (Å²) in [6.45, 7) is 6.96. The van der Waals surface area contributed by atoms with E-state index in [1.54, 1.807) is 0 Å². The first-order valence-corrected chi connectivity index (χ1v) is 6.04. The minimum absolute atomic E-state index is 0.107. The van der Waals surface area contributed by atoms with Gasteiger partial charge in [0.15, 0.2) is 0 Å². The Balaban J connectivity index is 2.22. The van der Waals surface area contributed by atoms with Gasteiger partial charge in [0.25, 0.3) is 0 Å². The number of rotatable bonds is 2. The molecule has 2 rings (SSSR count). The van der Waals surface area contributed by atoms with Crippen LogP contribution in [-0.4, -0.2) is 30.8 Å². The first kappa shape index (κ1) is 11.9. The molecule has 0 aromatic rings. The lowest BCUT2D eigenvalue weighted by atomic mass is 9.46. The lowest BCUT2D eigenvalue weighted by Gasteiger charge is -2.64. The first-order valence-electron chi connectivity index (χ1n) is 6.04. The zero-order valence-electron chi connectivity index (χ0n) is 10.3. The van der Waals surface area contributed by atoms with E-state index in [9.17, 15) is 4.79 Å². The monoisotopic (exact) mass is 227 g/mol. The predicted molar refractivity (Wildman–Crippen MR) is 59.8 cm³/mol. The van der Waals surface area contributed by atoms with Crippen LogP contribution in [0.15, 0.2) is 0 Å². The summed E-state index contributed by atoms with van der Waals surface area (Å²) < 4.78 is 10.8. The van der Waals surface area contributed by atoms with Gasteiger partial charge >= 0.3 is 5.97 Å². The molecule has 4 nitrogen and oxygen atoms in total. The Morgan fingerprint density at radius 1 is 1.56 bits per heavy atom. The van der Waals surface area contributed by atoms with Crippen molar-refractivity contribution in [2.24, 2.45) is 17.1 Å². The zero-order chi connectivity index (χ0) is 12.0. The number of carbonyl (C=O) groups is 1. The Morgan fingerprint density at radius 2 is 2.25 bits per heavy atom. The first-order chi connectivity index (χ1) is 7.46. The largest absolute Gasteiger partial charge is 0.465 e. The average Bonchev–Trinajstić information content (AvgIpc) is 2.28. The summed E-state index contributed by atoms with van der Waals surface area (Å²) in [6.07, 6.45) is 2.05. The van der Waals surface area contributed by atoms with Crippen molar-refractivity contribution in [1.29, 1.82) is 0 Å². The summed E-state index contributed by atoms with van der Waals surface area (Å²) in [5, 5.41) is 0. The number of nitrogens with two attached hydrogens (primary N) is 1. The topological polar surface area (TPSA) is 61.5 Å². The number of ether oxygens (including phenoxy) is 2. The Hall–Kier alpha value is -0.610. The quantitative estimate of drug-likeness (QED) is 0.717. The van der Waals surface area contributed by atoms with Crippen molar-refractivity contribution in [2.45, 2.75) is 45.3 Å². The molecular formula is C12H21NO3. The average molecular weight is 227 g/mol. The smallest absolute Gasteiger partial charge is 0.327 e. The van der Waals surface area contributed by atoms with Gasteiger partial charge in [-0.2, -0.15) is 0 Å². The van der Waals surface area contributed by atoms with Gasteiger partial charge in [-0.25, -0.2) is 0 Å². The van der Waals surface area contributed by atoms with E-state index < -0.39 is 5.54 Å². The molecule has 4 heteroatoms. The van der Waals surface area contributed by atoms with Crippen molar-refractivity contribution < 1.29 is 14.3 Å². The number of hydrogen-bond acceptors (Lipinski definition) is 4. The lowest BCUT2D eigenvalue weighted by Crippen LogP contribution is -2.81. The van der Waals surface area contributed by atoms with Gasteiger partial charge in [-0.1, -0.05) is 13.8 Å².